The fourth-order valence-corrected chi connectivity index (χ4v) is 1.71. The molecule has 0 atom stereocenters. The van der Waals surface area contributed by atoms with Crippen molar-refractivity contribution in [3.05, 3.63) is 53.6 Å². The fourth-order valence-electron chi connectivity index (χ4n) is 1.71. The Labute approximate surface area is 126 Å². The first-order valence-electron chi connectivity index (χ1n) is 6.57. The number of hydrogen-bond acceptors (Lipinski definition) is 7. The second kappa shape index (κ2) is 6.08. The lowest BCUT2D eigenvalue weighted by atomic mass is 10.4. The monoisotopic (exact) mass is 298 g/mol. The summed E-state index contributed by atoms with van der Waals surface area (Å²) in [4.78, 5) is 0. The molecule has 8 heteroatoms. The third-order valence-electron chi connectivity index (χ3n) is 2.72. The van der Waals surface area contributed by atoms with Gasteiger partial charge < -0.3 is 8.83 Å². The number of furan rings is 2. The first-order valence-corrected chi connectivity index (χ1v) is 6.57. The molecule has 0 aliphatic carbocycles. The summed E-state index contributed by atoms with van der Waals surface area (Å²) >= 11 is 0. The number of anilines is 1. The van der Waals surface area contributed by atoms with Crippen molar-refractivity contribution in [3.63, 3.8) is 0 Å². The van der Waals surface area contributed by atoms with Crippen LogP contribution in [0.4, 0.5) is 5.95 Å². The van der Waals surface area contributed by atoms with Crippen molar-refractivity contribution in [2.45, 2.75) is 13.8 Å². The van der Waals surface area contributed by atoms with Crippen LogP contribution in [-0.2, 0) is 0 Å². The Morgan fingerprint density at radius 2 is 1.73 bits per heavy atom. The predicted molar refractivity (Wildman–Crippen MR) is 81.1 cm³/mol. The van der Waals surface area contributed by atoms with Gasteiger partial charge in [0.25, 0.3) is 5.95 Å². The van der Waals surface area contributed by atoms with Gasteiger partial charge in [0.2, 0.25) is 0 Å². The molecule has 0 aliphatic rings. The number of aryl methyl sites for hydroxylation is 2. The molecule has 3 aromatic rings. The highest BCUT2D eigenvalue weighted by atomic mass is 16.3. The van der Waals surface area contributed by atoms with Crippen molar-refractivity contribution in [1.29, 1.82) is 0 Å². The zero-order chi connectivity index (χ0) is 15.4. The Morgan fingerprint density at radius 1 is 1.05 bits per heavy atom. The maximum absolute atomic E-state index is 5.40. The van der Waals surface area contributed by atoms with E-state index in [1.54, 1.807) is 12.4 Å². The molecule has 0 aromatic carbocycles. The van der Waals surface area contributed by atoms with Crippen LogP contribution in [-0.4, -0.2) is 27.3 Å². The Kier molecular flexibility index (Phi) is 3.82. The molecule has 0 saturated heterocycles. The summed E-state index contributed by atoms with van der Waals surface area (Å²) < 4.78 is 12.2. The van der Waals surface area contributed by atoms with E-state index in [9.17, 15) is 0 Å². The molecule has 0 spiro atoms. The molecular formula is C14H14N6O2. The topological polar surface area (TPSA) is 93.7 Å². The molecule has 0 aliphatic heterocycles. The summed E-state index contributed by atoms with van der Waals surface area (Å²) in [6.07, 6.45) is 4.58. The molecule has 0 radical (unpaired) electrons. The van der Waals surface area contributed by atoms with Crippen molar-refractivity contribution >= 4 is 18.4 Å². The van der Waals surface area contributed by atoms with Crippen LogP contribution in [0, 0.1) is 13.8 Å². The Bertz CT molecular complexity index is 811. The van der Waals surface area contributed by atoms with Crippen LogP contribution >= 0.6 is 0 Å². The summed E-state index contributed by atoms with van der Waals surface area (Å²) in [6.45, 7) is 3.74. The van der Waals surface area contributed by atoms with Gasteiger partial charge in [-0.1, -0.05) is 0 Å². The molecule has 3 rings (SSSR count). The van der Waals surface area contributed by atoms with Gasteiger partial charge in [-0.2, -0.15) is 14.9 Å². The minimum Gasteiger partial charge on any atom is -0.460 e. The van der Waals surface area contributed by atoms with Crippen molar-refractivity contribution < 1.29 is 8.83 Å². The van der Waals surface area contributed by atoms with Gasteiger partial charge in [-0.3, -0.25) is 0 Å². The standard InChI is InChI=1S/C14H14N6O2/c1-10-3-5-12(21-10)7-15-18-14-19-16-9-20(14)17-8-13-6-4-11(2)22-13/h3-9H,1-2H3,(H,18,19)/b15-7-,17-8-. The molecule has 1 N–H and O–H groups in total. The Morgan fingerprint density at radius 3 is 2.36 bits per heavy atom. The summed E-state index contributed by atoms with van der Waals surface area (Å²) in [5, 5.41) is 15.9. The molecule has 0 bridgehead atoms. The van der Waals surface area contributed by atoms with Crippen molar-refractivity contribution in [2.75, 3.05) is 5.43 Å². The molecule has 0 saturated carbocycles. The quantitative estimate of drug-likeness (QED) is 0.576. The molecule has 112 valence electrons. The molecular weight excluding hydrogens is 284 g/mol. The van der Waals surface area contributed by atoms with E-state index < -0.39 is 0 Å². The molecule has 0 fully saturated rings. The maximum atomic E-state index is 5.40. The number of nitrogens with zero attached hydrogens (tertiary/aromatic N) is 5. The van der Waals surface area contributed by atoms with E-state index in [1.165, 1.54) is 11.0 Å². The largest absolute Gasteiger partial charge is 0.460 e. The highest BCUT2D eigenvalue weighted by molar-refractivity contribution is 5.77. The molecule has 0 unspecified atom stereocenters. The lowest BCUT2D eigenvalue weighted by Gasteiger charge is -1.97. The van der Waals surface area contributed by atoms with E-state index in [4.69, 9.17) is 8.83 Å². The van der Waals surface area contributed by atoms with Crippen LogP contribution in [0.25, 0.3) is 0 Å². The van der Waals surface area contributed by atoms with Crippen LogP contribution in [0.3, 0.4) is 0 Å². The number of aromatic nitrogens is 3. The van der Waals surface area contributed by atoms with E-state index in [-0.39, 0.29) is 0 Å². The highest BCUT2D eigenvalue weighted by Gasteiger charge is 2.01. The summed E-state index contributed by atoms with van der Waals surface area (Å²) in [5.74, 6) is 3.31. The third kappa shape index (κ3) is 3.29. The second-order valence-electron chi connectivity index (χ2n) is 4.51. The zero-order valence-electron chi connectivity index (χ0n) is 12.1. The minimum atomic E-state index is 0.374. The van der Waals surface area contributed by atoms with E-state index in [0.717, 1.165) is 11.5 Å². The van der Waals surface area contributed by atoms with E-state index >= 15 is 0 Å². The molecule has 0 amide bonds. The zero-order valence-corrected chi connectivity index (χ0v) is 12.1. The van der Waals surface area contributed by atoms with Gasteiger partial charge in [-0.15, -0.1) is 10.2 Å². The van der Waals surface area contributed by atoms with Crippen LogP contribution in [0.1, 0.15) is 23.0 Å². The number of rotatable bonds is 5. The van der Waals surface area contributed by atoms with Gasteiger partial charge in [-0.05, 0) is 38.1 Å². The fraction of sp³-hybridized carbons (Fsp3) is 0.143. The van der Waals surface area contributed by atoms with Crippen LogP contribution < -0.4 is 5.43 Å². The molecule has 8 nitrogen and oxygen atoms in total. The number of hydrazone groups is 1. The van der Waals surface area contributed by atoms with Crippen molar-refractivity contribution in [1.82, 2.24) is 14.9 Å². The van der Waals surface area contributed by atoms with Crippen molar-refractivity contribution in [2.24, 2.45) is 10.2 Å². The molecule has 22 heavy (non-hydrogen) atoms. The van der Waals surface area contributed by atoms with E-state index in [1.807, 2.05) is 38.1 Å². The number of nitrogens with one attached hydrogen (secondary N) is 1. The Hall–Kier alpha value is -3.16. The Balaban J connectivity index is 1.67. The predicted octanol–water partition coefficient (Wildman–Crippen LogP) is 2.41. The van der Waals surface area contributed by atoms with E-state index in [0.29, 0.717) is 17.5 Å². The lowest BCUT2D eigenvalue weighted by Crippen LogP contribution is -1.98. The smallest absolute Gasteiger partial charge is 0.265 e. The van der Waals surface area contributed by atoms with E-state index in [2.05, 4.69) is 25.8 Å². The SMILES string of the molecule is Cc1ccc(/C=N\Nc2nncn2/N=C\c2ccc(C)o2)o1. The first-order chi connectivity index (χ1) is 10.7. The second-order valence-corrected chi connectivity index (χ2v) is 4.51. The van der Waals surface area contributed by atoms with Crippen LogP contribution in [0.15, 0.2) is 49.6 Å². The molecule has 3 aromatic heterocycles. The minimum absolute atomic E-state index is 0.374. The van der Waals surface area contributed by atoms with Gasteiger partial charge in [0.05, 0.1) is 12.4 Å². The summed E-state index contributed by atoms with van der Waals surface area (Å²) in [5.41, 5.74) is 2.75. The molecule has 3 heterocycles. The van der Waals surface area contributed by atoms with Gasteiger partial charge in [0.1, 0.15) is 29.4 Å². The third-order valence-corrected chi connectivity index (χ3v) is 2.72. The average molecular weight is 298 g/mol. The first kappa shape index (κ1) is 13.8. The van der Waals surface area contributed by atoms with Gasteiger partial charge in [0, 0.05) is 0 Å². The summed E-state index contributed by atoms with van der Waals surface area (Å²) in [7, 11) is 0. The summed E-state index contributed by atoms with van der Waals surface area (Å²) in [6, 6.07) is 7.37. The normalized spacial score (nSPS) is 11.7. The van der Waals surface area contributed by atoms with Crippen LogP contribution in [0.2, 0.25) is 0 Å². The number of hydrogen-bond donors (Lipinski definition) is 1. The van der Waals surface area contributed by atoms with Gasteiger partial charge in [0.15, 0.2) is 0 Å². The average Bonchev–Trinajstić information content (AvgIpc) is 3.20. The maximum Gasteiger partial charge on any atom is 0.265 e. The van der Waals surface area contributed by atoms with Gasteiger partial charge in [-0.25, -0.2) is 5.43 Å². The van der Waals surface area contributed by atoms with Crippen LogP contribution in [0.5, 0.6) is 0 Å². The lowest BCUT2D eigenvalue weighted by molar-refractivity contribution is 0.527. The highest BCUT2D eigenvalue weighted by Crippen LogP contribution is 2.06. The van der Waals surface area contributed by atoms with Gasteiger partial charge >= 0.3 is 0 Å². The van der Waals surface area contributed by atoms with Crippen molar-refractivity contribution in [3.8, 4) is 0 Å².